The van der Waals surface area contributed by atoms with Gasteiger partial charge in [-0.05, 0) is 73.0 Å². The first-order valence-electron chi connectivity index (χ1n) is 18.9. The smallest absolute Gasteiger partial charge is 0.251 e. The number of amides is 3. The Hall–Kier alpha value is -2.37. The van der Waals surface area contributed by atoms with Gasteiger partial charge in [-0.25, -0.2) is 0 Å². The summed E-state index contributed by atoms with van der Waals surface area (Å²) in [5.74, 6) is 2.69. The molecule has 9 atom stereocenters. The van der Waals surface area contributed by atoms with Crippen molar-refractivity contribution in [3.8, 4) is 0 Å². The van der Waals surface area contributed by atoms with Crippen molar-refractivity contribution in [1.29, 1.82) is 0 Å². The molecule has 6 nitrogen and oxygen atoms in total. The molecular weight excluding hydrogens is 558 g/mol. The van der Waals surface area contributed by atoms with Crippen molar-refractivity contribution in [2.45, 2.75) is 156 Å². The van der Waals surface area contributed by atoms with Crippen LogP contribution in [0.2, 0.25) is 0 Å². The lowest BCUT2D eigenvalue weighted by Gasteiger charge is -2.38. The topological polar surface area (TPSA) is 87.3 Å². The van der Waals surface area contributed by atoms with E-state index in [1.807, 2.05) is 0 Å². The van der Waals surface area contributed by atoms with Crippen LogP contribution in [0.1, 0.15) is 169 Å². The van der Waals surface area contributed by atoms with Gasteiger partial charge in [0.2, 0.25) is 0 Å². The van der Waals surface area contributed by atoms with Gasteiger partial charge in [-0.3, -0.25) is 14.4 Å². The molecule has 1 aromatic carbocycles. The van der Waals surface area contributed by atoms with Gasteiger partial charge in [0, 0.05) is 34.8 Å². The van der Waals surface area contributed by atoms with Crippen LogP contribution in [-0.4, -0.2) is 35.8 Å². The molecule has 3 N–H and O–H groups in total. The molecule has 4 rings (SSSR count). The summed E-state index contributed by atoms with van der Waals surface area (Å²) in [5, 5.41) is 10.1. The second kappa shape index (κ2) is 17.0. The molecule has 0 spiro atoms. The van der Waals surface area contributed by atoms with E-state index >= 15 is 0 Å². The SMILES string of the molecule is CCC1CCCC(NC(=O)c2cc(C(=O)NC3CCCC(CC)C3CC)cc(C(=O)NC3CCCC(CC)C3CC)c2)C1CC. The second-order valence-corrected chi connectivity index (χ2v) is 14.6. The Kier molecular flexibility index (Phi) is 13.4. The summed E-state index contributed by atoms with van der Waals surface area (Å²) in [7, 11) is 0. The predicted molar refractivity (Wildman–Crippen MR) is 184 cm³/mol. The van der Waals surface area contributed by atoms with Crippen LogP contribution in [0.25, 0.3) is 0 Å². The minimum Gasteiger partial charge on any atom is -0.349 e. The summed E-state index contributed by atoms with van der Waals surface area (Å²) in [6, 6.07) is 5.50. The first-order valence-corrected chi connectivity index (χ1v) is 18.9. The van der Waals surface area contributed by atoms with E-state index in [2.05, 4.69) is 57.5 Å². The number of carbonyl (C=O) groups is 3. The number of nitrogens with one attached hydrogen (secondary N) is 3. The quantitative estimate of drug-likeness (QED) is 0.218. The highest BCUT2D eigenvalue weighted by Gasteiger charge is 2.35. The van der Waals surface area contributed by atoms with Crippen LogP contribution >= 0.6 is 0 Å². The van der Waals surface area contributed by atoms with Crippen LogP contribution in [-0.2, 0) is 0 Å². The summed E-state index contributed by atoms with van der Waals surface area (Å²) in [5.41, 5.74) is 1.22. The monoisotopic (exact) mass is 621 g/mol. The van der Waals surface area contributed by atoms with Crippen LogP contribution in [0.15, 0.2) is 18.2 Å². The van der Waals surface area contributed by atoms with Gasteiger partial charge in [-0.1, -0.05) is 119 Å². The van der Waals surface area contributed by atoms with E-state index in [0.29, 0.717) is 52.2 Å². The highest BCUT2D eigenvalue weighted by Crippen LogP contribution is 2.37. The Labute approximate surface area is 274 Å². The largest absolute Gasteiger partial charge is 0.349 e. The van der Waals surface area contributed by atoms with E-state index in [1.54, 1.807) is 18.2 Å². The minimum atomic E-state index is -0.177. The standard InChI is InChI=1S/C39H63N3O3/c1-7-25-16-13-19-34(31(25)10-4)40-37(43)28-22-29(38(44)41-35-20-14-17-26(8-2)32(35)11-5)24-30(23-28)39(45)42-36-21-15-18-27(9-3)33(36)12-6/h22-27,31-36H,7-21H2,1-6H3,(H,40,43)(H,41,44)(H,42,45). The molecule has 9 unspecified atom stereocenters. The molecule has 3 aliphatic carbocycles. The fourth-order valence-electron chi connectivity index (χ4n) is 9.76. The molecule has 252 valence electrons. The zero-order chi connectivity index (χ0) is 32.5. The molecule has 3 amide bonds. The van der Waals surface area contributed by atoms with E-state index in [9.17, 15) is 14.4 Å². The minimum absolute atomic E-state index is 0.119. The summed E-state index contributed by atoms with van der Waals surface area (Å²) < 4.78 is 0. The molecule has 3 fully saturated rings. The number of rotatable bonds is 12. The molecule has 3 saturated carbocycles. The van der Waals surface area contributed by atoms with Crippen molar-refractivity contribution in [3.05, 3.63) is 34.9 Å². The van der Waals surface area contributed by atoms with Gasteiger partial charge < -0.3 is 16.0 Å². The molecular formula is C39H63N3O3. The summed E-state index contributed by atoms with van der Waals surface area (Å²) in [6.07, 6.45) is 16.5. The molecule has 0 radical (unpaired) electrons. The van der Waals surface area contributed by atoms with Crippen molar-refractivity contribution in [2.75, 3.05) is 0 Å². The first-order chi connectivity index (χ1) is 21.8. The lowest BCUT2D eigenvalue weighted by atomic mass is 9.73. The summed E-state index contributed by atoms with van der Waals surface area (Å²) in [4.78, 5) is 41.7. The molecule has 1 aromatic rings. The Morgan fingerprint density at radius 1 is 0.467 bits per heavy atom. The molecule has 6 heteroatoms. The lowest BCUT2D eigenvalue weighted by molar-refractivity contribution is 0.0868. The van der Waals surface area contributed by atoms with Crippen molar-refractivity contribution >= 4 is 17.7 Å². The third kappa shape index (κ3) is 8.51. The van der Waals surface area contributed by atoms with Gasteiger partial charge in [-0.2, -0.15) is 0 Å². The van der Waals surface area contributed by atoms with Crippen LogP contribution in [0.4, 0.5) is 0 Å². The van der Waals surface area contributed by atoms with Gasteiger partial charge in [0.1, 0.15) is 0 Å². The maximum absolute atomic E-state index is 13.9. The third-order valence-corrected chi connectivity index (χ3v) is 12.3. The van der Waals surface area contributed by atoms with E-state index in [4.69, 9.17) is 0 Å². The second-order valence-electron chi connectivity index (χ2n) is 14.6. The van der Waals surface area contributed by atoms with Gasteiger partial charge in [0.15, 0.2) is 0 Å². The zero-order valence-electron chi connectivity index (χ0n) is 29.3. The van der Waals surface area contributed by atoms with Crippen LogP contribution in [0.3, 0.4) is 0 Å². The fourth-order valence-corrected chi connectivity index (χ4v) is 9.76. The normalized spacial score (nSPS) is 32.0. The van der Waals surface area contributed by atoms with Crippen molar-refractivity contribution in [1.82, 2.24) is 16.0 Å². The molecule has 0 heterocycles. The van der Waals surface area contributed by atoms with Crippen molar-refractivity contribution in [2.24, 2.45) is 35.5 Å². The molecule has 0 aliphatic heterocycles. The van der Waals surface area contributed by atoms with Gasteiger partial charge in [-0.15, -0.1) is 0 Å². The molecule has 45 heavy (non-hydrogen) atoms. The number of hydrogen-bond acceptors (Lipinski definition) is 3. The van der Waals surface area contributed by atoms with Gasteiger partial charge in [0.05, 0.1) is 0 Å². The summed E-state index contributed by atoms with van der Waals surface area (Å²) in [6.45, 7) is 13.4. The average molecular weight is 622 g/mol. The zero-order valence-corrected chi connectivity index (χ0v) is 29.3. The van der Waals surface area contributed by atoms with Crippen LogP contribution in [0.5, 0.6) is 0 Å². The van der Waals surface area contributed by atoms with Crippen LogP contribution in [0, 0.1) is 35.5 Å². The number of carbonyl (C=O) groups excluding carboxylic acids is 3. The van der Waals surface area contributed by atoms with E-state index in [-0.39, 0.29) is 35.8 Å². The first kappa shape index (κ1) is 35.5. The van der Waals surface area contributed by atoms with E-state index < -0.39 is 0 Å². The summed E-state index contributed by atoms with van der Waals surface area (Å²) >= 11 is 0. The molecule has 0 saturated heterocycles. The van der Waals surface area contributed by atoms with E-state index in [1.165, 1.54) is 19.3 Å². The molecule has 0 aromatic heterocycles. The maximum atomic E-state index is 13.9. The predicted octanol–water partition coefficient (Wildman–Crippen LogP) is 8.69. The Bertz CT molecular complexity index is 984. The Morgan fingerprint density at radius 3 is 0.956 bits per heavy atom. The Morgan fingerprint density at radius 2 is 0.733 bits per heavy atom. The number of hydrogen-bond donors (Lipinski definition) is 3. The van der Waals surface area contributed by atoms with Gasteiger partial charge >= 0.3 is 0 Å². The number of benzene rings is 1. The highest BCUT2D eigenvalue weighted by atomic mass is 16.2. The average Bonchev–Trinajstić information content (AvgIpc) is 3.07. The van der Waals surface area contributed by atoms with Gasteiger partial charge in [0.25, 0.3) is 17.7 Å². The Balaban J connectivity index is 1.61. The van der Waals surface area contributed by atoms with E-state index in [0.717, 1.165) is 77.0 Å². The lowest BCUT2D eigenvalue weighted by Crippen LogP contribution is -2.46. The maximum Gasteiger partial charge on any atom is 0.251 e. The fraction of sp³-hybridized carbons (Fsp3) is 0.769. The molecule has 0 bridgehead atoms. The third-order valence-electron chi connectivity index (χ3n) is 12.3. The van der Waals surface area contributed by atoms with Crippen LogP contribution < -0.4 is 16.0 Å². The highest BCUT2D eigenvalue weighted by molar-refractivity contribution is 6.04. The molecule has 3 aliphatic rings. The van der Waals surface area contributed by atoms with Crippen molar-refractivity contribution in [3.63, 3.8) is 0 Å². The van der Waals surface area contributed by atoms with Crippen molar-refractivity contribution < 1.29 is 14.4 Å².